The maximum Gasteiger partial charge on any atom is 0.136 e. The molecule has 3 heteroatoms. The van der Waals surface area contributed by atoms with Gasteiger partial charge in [-0.2, -0.15) is 0 Å². The van der Waals surface area contributed by atoms with E-state index in [9.17, 15) is 4.39 Å². The summed E-state index contributed by atoms with van der Waals surface area (Å²) in [5, 5.41) is 1.75. The fourth-order valence-corrected chi connectivity index (χ4v) is 2.06. The molecule has 1 heterocycles. The zero-order valence-corrected chi connectivity index (χ0v) is 9.21. The average molecular weight is 265 g/mol. The lowest BCUT2D eigenvalue weighted by Crippen LogP contribution is -1.71. The Morgan fingerprint density at radius 3 is 2.67 bits per heavy atom. The molecular weight excluding hydrogens is 259 g/mol. The molecular formula is C12H6BrFO. The topological polar surface area (TPSA) is 13.1 Å². The van der Waals surface area contributed by atoms with E-state index in [-0.39, 0.29) is 5.82 Å². The van der Waals surface area contributed by atoms with Crippen molar-refractivity contribution in [2.75, 3.05) is 0 Å². The van der Waals surface area contributed by atoms with E-state index in [0.717, 1.165) is 20.8 Å². The Labute approximate surface area is 93.6 Å². The van der Waals surface area contributed by atoms with Gasteiger partial charge in [0.15, 0.2) is 0 Å². The summed E-state index contributed by atoms with van der Waals surface area (Å²) in [7, 11) is 0. The molecule has 0 aliphatic rings. The number of hydrogen-bond donors (Lipinski definition) is 0. The lowest BCUT2D eigenvalue weighted by atomic mass is 10.1. The van der Waals surface area contributed by atoms with Gasteiger partial charge in [0.1, 0.15) is 17.0 Å². The first kappa shape index (κ1) is 8.92. The highest BCUT2D eigenvalue weighted by Gasteiger charge is 2.07. The summed E-state index contributed by atoms with van der Waals surface area (Å²) >= 11 is 3.37. The van der Waals surface area contributed by atoms with Crippen molar-refractivity contribution >= 4 is 37.9 Å². The molecule has 0 bridgehead atoms. The molecule has 74 valence electrons. The summed E-state index contributed by atoms with van der Waals surface area (Å²) in [5.41, 5.74) is 1.48. The Kier molecular flexibility index (Phi) is 1.83. The van der Waals surface area contributed by atoms with Gasteiger partial charge >= 0.3 is 0 Å². The van der Waals surface area contributed by atoms with Gasteiger partial charge in [-0.15, -0.1) is 0 Å². The van der Waals surface area contributed by atoms with Crippen molar-refractivity contribution in [1.82, 2.24) is 0 Å². The van der Waals surface area contributed by atoms with E-state index in [1.807, 2.05) is 18.2 Å². The summed E-state index contributed by atoms with van der Waals surface area (Å²) in [4.78, 5) is 0. The third kappa shape index (κ3) is 1.35. The van der Waals surface area contributed by atoms with Crippen molar-refractivity contribution in [3.05, 3.63) is 46.7 Å². The molecule has 0 fully saturated rings. The summed E-state index contributed by atoms with van der Waals surface area (Å²) in [5.74, 6) is -0.242. The Bertz CT molecular complexity index is 657. The number of furan rings is 1. The van der Waals surface area contributed by atoms with E-state index in [1.54, 1.807) is 6.07 Å². The standard InChI is InChI=1S/C12H6BrFO/c13-7-1-3-9-10-6-8(14)2-4-11(10)15-12(9)5-7/h1-6H. The maximum atomic E-state index is 13.1. The minimum Gasteiger partial charge on any atom is -0.456 e. The van der Waals surface area contributed by atoms with E-state index in [1.165, 1.54) is 12.1 Å². The molecule has 0 saturated carbocycles. The molecule has 0 aliphatic heterocycles. The molecule has 15 heavy (non-hydrogen) atoms. The third-order valence-corrected chi connectivity index (χ3v) is 2.89. The molecule has 0 N–H and O–H groups in total. The minimum absolute atomic E-state index is 0.242. The second-order valence-electron chi connectivity index (χ2n) is 3.38. The number of halogens is 2. The van der Waals surface area contributed by atoms with Gasteiger partial charge in [0.25, 0.3) is 0 Å². The second kappa shape index (κ2) is 3.07. The predicted molar refractivity (Wildman–Crippen MR) is 61.4 cm³/mol. The largest absolute Gasteiger partial charge is 0.456 e. The highest BCUT2D eigenvalue weighted by atomic mass is 79.9. The first-order chi connectivity index (χ1) is 7.24. The molecule has 0 spiro atoms. The van der Waals surface area contributed by atoms with Crippen LogP contribution in [0.1, 0.15) is 0 Å². The quantitative estimate of drug-likeness (QED) is 0.583. The molecule has 3 aromatic rings. The van der Waals surface area contributed by atoms with Crippen molar-refractivity contribution in [3.8, 4) is 0 Å². The van der Waals surface area contributed by atoms with E-state index in [4.69, 9.17) is 4.42 Å². The lowest BCUT2D eigenvalue weighted by Gasteiger charge is -1.90. The van der Waals surface area contributed by atoms with Crippen molar-refractivity contribution in [2.45, 2.75) is 0 Å². The Balaban J connectivity index is 2.53. The van der Waals surface area contributed by atoms with Gasteiger partial charge in [-0.3, -0.25) is 0 Å². The third-order valence-electron chi connectivity index (χ3n) is 2.40. The summed E-state index contributed by atoms with van der Waals surface area (Å²) in [6.45, 7) is 0. The van der Waals surface area contributed by atoms with Crippen molar-refractivity contribution in [1.29, 1.82) is 0 Å². The van der Waals surface area contributed by atoms with Gasteiger partial charge in [0.05, 0.1) is 0 Å². The van der Waals surface area contributed by atoms with E-state index in [0.29, 0.717) is 5.58 Å². The molecule has 0 amide bonds. The summed E-state index contributed by atoms with van der Waals surface area (Å²) in [6, 6.07) is 10.3. The van der Waals surface area contributed by atoms with Crippen LogP contribution >= 0.6 is 15.9 Å². The highest BCUT2D eigenvalue weighted by Crippen LogP contribution is 2.30. The van der Waals surface area contributed by atoms with Crippen LogP contribution in [0.4, 0.5) is 4.39 Å². The van der Waals surface area contributed by atoms with Gasteiger partial charge in [-0.1, -0.05) is 15.9 Å². The van der Waals surface area contributed by atoms with Crippen molar-refractivity contribution in [2.24, 2.45) is 0 Å². The molecule has 1 aromatic heterocycles. The first-order valence-corrected chi connectivity index (χ1v) is 5.31. The smallest absolute Gasteiger partial charge is 0.136 e. The SMILES string of the molecule is Fc1ccc2oc3cc(Br)ccc3c2c1. The number of hydrogen-bond acceptors (Lipinski definition) is 1. The van der Waals surface area contributed by atoms with E-state index in [2.05, 4.69) is 15.9 Å². The van der Waals surface area contributed by atoms with Gasteiger partial charge in [-0.25, -0.2) is 4.39 Å². The maximum absolute atomic E-state index is 13.1. The van der Waals surface area contributed by atoms with Crippen LogP contribution in [-0.4, -0.2) is 0 Å². The molecule has 0 unspecified atom stereocenters. The Morgan fingerprint density at radius 1 is 0.933 bits per heavy atom. The van der Waals surface area contributed by atoms with Gasteiger partial charge in [0.2, 0.25) is 0 Å². The van der Waals surface area contributed by atoms with Crippen molar-refractivity contribution < 1.29 is 8.81 Å². The Morgan fingerprint density at radius 2 is 1.80 bits per heavy atom. The van der Waals surface area contributed by atoms with Crippen LogP contribution in [0, 0.1) is 5.82 Å². The summed E-state index contributed by atoms with van der Waals surface area (Å²) < 4.78 is 19.6. The molecule has 1 nitrogen and oxygen atoms in total. The molecule has 0 aliphatic carbocycles. The van der Waals surface area contributed by atoms with Crippen LogP contribution < -0.4 is 0 Å². The second-order valence-corrected chi connectivity index (χ2v) is 4.30. The normalized spacial score (nSPS) is 11.3. The van der Waals surface area contributed by atoms with Crippen LogP contribution in [0.25, 0.3) is 21.9 Å². The van der Waals surface area contributed by atoms with Crippen molar-refractivity contribution in [3.63, 3.8) is 0 Å². The van der Waals surface area contributed by atoms with E-state index < -0.39 is 0 Å². The van der Waals surface area contributed by atoms with Crippen LogP contribution in [0.2, 0.25) is 0 Å². The lowest BCUT2D eigenvalue weighted by molar-refractivity contribution is 0.626. The Hall–Kier alpha value is -1.35. The fraction of sp³-hybridized carbons (Fsp3) is 0. The molecule has 0 radical (unpaired) electrons. The average Bonchev–Trinajstić information content (AvgIpc) is 2.54. The number of benzene rings is 2. The zero-order chi connectivity index (χ0) is 10.4. The predicted octanol–water partition coefficient (Wildman–Crippen LogP) is 4.49. The first-order valence-electron chi connectivity index (χ1n) is 4.51. The fourth-order valence-electron chi connectivity index (χ4n) is 1.72. The van der Waals surface area contributed by atoms with Crippen LogP contribution in [0.15, 0.2) is 45.3 Å². The molecule has 2 aromatic carbocycles. The van der Waals surface area contributed by atoms with E-state index >= 15 is 0 Å². The number of fused-ring (bicyclic) bond motifs is 3. The zero-order valence-electron chi connectivity index (χ0n) is 7.63. The van der Waals surface area contributed by atoms with Crippen LogP contribution in [-0.2, 0) is 0 Å². The summed E-state index contributed by atoms with van der Waals surface area (Å²) in [6.07, 6.45) is 0. The van der Waals surface area contributed by atoms with Crippen LogP contribution in [0.5, 0.6) is 0 Å². The van der Waals surface area contributed by atoms with Gasteiger partial charge in [0, 0.05) is 15.2 Å². The van der Waals surface area contributed by atoms with Gasteiger partial charge < -0.3 is 4.42 Å². The highest BCUT2D eigenvalue weighted by molar-refractivity contribution is 9.10. The van der Waals surface area contributed by atoms with Crippen LogP contribution in [0.3, 0.4) is 0 Å². The molecule has 0 atom stereocenters. The monoisotopic (exact) mass is 264 g/mol. The van der Waals surface area contributed by atoms with Gasteiger partial charge in [-0.05, 0) is 36.4 Å². The minimum atomic E-state index is -0.242. The number of rotatable bonds is 0. The molecule has 3 rings (SSSR count). The molecule has 0 saturated heterocycles.